The Morgan fingerprint density at radius 2 is 2.20 bits per heavy atom. The summed E-state index contributed by atoms with van der Waals surface area (Å²) in [6, 6.07) is 0. The van der Waals surface area contributed by atoms with Crippen molar-refractivity contribution in [2.45, 2.75) is 25.2 Å². The monoisotopic (exact) mass is 232 g/mol. The summed E-state index contributed by atoms with van der Waals surface area (Å²) >= 11 is 0. The van der Waals surface area contributed by atoms with Crippen molar-refractivity contribution in [1.29, 1.82) is 0 Å². The first-order valence-electron chi connectivity index (χ1n) is 4.83. The van der Waals surface area contributed by atoms with Crippen molar-refractivity contribution in [3.8, 4) is 0 Å². The molecule has 0 aromatic carbocycles. The molecular formula is C8H16N4O2S. The molecule has 0 fully saturated rings. The van der Waals surface area contributed by atoms with E-state index >= 15 is 0 Å². The molecule has 1 aromatic heterocycles. The van der Waals surface area contributed by atoms with Gasteiger partial charge in [-0.05, 0) is 6.42 Å². The van der Waals surface area contributed by atoms with Crippen LogP contribution in [0.3, 0.4) is 0 Å². The van der Waals surface area contributed by atoms with Gasteiger partial charge in [0.25, 0.3) is 0 Å². The van der Waals surface area contributed by atoms with Crippen LogP contribution in [0.25, 0.3) is 0 Å². The van der Waals surface area contributed by atoms with Gasteiger partial charge in [0.15, 0.2) is 0 Å². The average Bonchev–Trinajstić information content (AvgIpc) is 2.61. The molecule has 86 valence electrons. The average molecular weight is 232 g/mol. The van der Waals surface area contributed by atoms with Gasteiger partial charge in [-0.3, -0.25) is 5.10 Å². The third-order valence-electron chi connectivity index (χ3n) is 2.08. The maximum atomic E-state index is 12.0. The first-order valence-corrected chi connectivity index (χ1v) is 6.27. The normalized spacial score (nSPS) is 12.2. The molecule has 0 radical (unpaired) electrons. The first kappa shape index (κ1) is 12.0. The highest BCUT2D eigenvalue weighted by atomic mass is 32.2. The van der Waals surface area contributed by atoms with Crippen LogP contribution in [0, 0.1) is 0 Å². The van der Waals surface area contributed by atoms with Crippen LogP contribution in [-0.4, -0.2) is 36.0 Å². The maximum absolute atomic E-state index is 12.0. The number of aromatic nitrogens is 2. The number of hydrogen-bond donors (Lipinski definition) is 2. The molecule has 0 bridgehead atoms. The van der Waals surface area contributed by atoms with Gasteiger partial charge < -0.3 is 5.73 Å². The van der Waals surface area contributed by atoms with Gasteiger partial charge in [-0.25, -0.2) is 8.42 Å². The van der Waals surface area contributed by atoms with E-state index in [4.69, 9.17) is 5.73 Å². The van der Waals surface area contributed by atoms with E-state index in [9.17, 15) is 8.42 Å². The number of nitrogens with two attached hydrogens (primary N) is 1. The minimum absolute atomic E-state index is 0.0535. The van der Waals surface area contributed by atoms with Gasteiger partial charge in [-0.1, -0.05) is 13.8 Å². The fourth-order valence-electron chi connectivity index (χ4n) is 1.33. The quantitative estimate of drug-likeness (QED) is 0.769. The Bertz CT molecular complexity index is 412. The van der Waals surface area contributed by atoms with Crippen LogP contribution >= 0.6 is 0 Å². The summed E-state index contributed by atoms with van der Waals surface area (Å²) < 4.78 is 25.4. The van der Waals surface area contributed by atoms with Crippen molar-refractivity contribution < 1.29 is 8.42 Å². The molecular weight excluding hydrogens is 216 g/mol. The molecule has 0 amide bonds. The zero-order valence-electron chi connectivity index (χ0n) is 8.90. The van der Waals surface area contributed by atoms with E-state index in [1.807, 2.05) is 6.92 Å². The zero-order valence-corrected chi connectivity index (χ0v) is 9.71. The Morgan fingerprint density at radius 3 is 2.60 bits per heavy atom. The van der Waals surface area contributed by atoms with Crippen LogP contribution < -0.4 is 5.73 Å². The van der Waals surface area contributed by atoms with Crippen molar-refractivity contribution in [3.63, 3.8) is 0 Å². The second-order valence-corrected chi connectivity index (χ2v) is 5.05. The van der Waals surface area contributed by atoms with Crippen molar-refractivity contribution >= 4 is 15.8 Å². The topological polar surface area (TPSA) is 92.1 Å². The summed E-state index contributed by atoms with van der Waals surface area (Å²) in [7, 11) is -3.49. The number of hydrogen-bond acceptors (Lipinski definition) is 4. The van der Waals surface area contributed by atoms with Crippen LogP contribution in [0.4, 0.5) is 5.82 Å². The lowest BCUT2D eigenvalue weighted by atomic mass is 10.5. The molecule has 0 saturated heterocycles. The number of nitrogens with one attached hydrogen (secondary N) is 1. The number of aromatic amines is 1. The molecule has 6 nitrogen and oxygen atoms in total. The van der Waals surface area contributed by atoms with Crippen molar-refractivity contribution in [2.24, 2.45) is 0 Å². The van der Waals surface area contributed by atoms with E-state index in [1.54, 1.807) is 6.92 Å². The summed E-state index contributed by atoms with van der Waals surface area (Å²) in [6.45, 7) is 4.64. The Morgan fingerprint density at radius 1 is 1.53 bits per heavy atom. The second-order valence-electron chi connectivity index (χ2n) is 3.14. The summed E-state index contributed by atoms with van der Waals surface area (Å²) in [5.41, 5.74) is 5.49. The first-order chi connectivity index (χ1) is 7.04. The van der Waals surface area contributed by atoms with Gasteiger partial charge in [0.2, 0.25) is 10.0 Å². The lowest BCUT2D eigenvalue weighted by Crippen LogP contribution is -2.31. The predicted molar refractivity (Wildman–Crippen MR) is 57.7 cm³/mol. The third-order valence-corrected chi connectivity index (χ3v) is 4.08. The van der Waals surface area contributed by atoms with Gasteiger partial charge in [-0.2, -0.15) is 9.40 Å². The van der Waals surface area contributed by atoms with Gasteiger partial charge >= 0.3 is 0 Å². The summed E-state index contributed by atoms with van der Waals surface area (Å²) in [5.74, 6) is 0.0875. The highest BCUT2D eigenvalue weighted by Crippen LogP contribution is 2.19. The fraction of sp³-hybridized carbons (Fsp3) is 0.625. The Labute approximate surface area is 89.5 Å². The van der Waals surface area contributed by atoms with E-state index < -0.39 is 10.0 Å². The van der Waals surface area contributed by atoms with Crippen molar-refractivity contribution in [3.05, 3.63) is 6.20 Å². The summed E-state index contributed by atoms with van der Waals surface area (Å²) in [5, 5.41) is 6.03. The zero-order chi connectivity index (χ0) is 11.5. The molecule has 0 atom stereocenters. The maximum Gasteiger partial charge on any atom is 0.248 e. The molecule has 3 N–H and O–H groups in total. The van der Waals surface area contributed by atoms with E-state index in [-0.39, 0.29) is 10.7 Å². The van der Waals surface area contributed by atoms with Crippen LogP contribution in [0.5, 0.6) is 0 Å². The molecule has 0 saturated carbocycles. The van der Waals surface area contributed by atoms with Gasteiger partial charge in [-0.15, -0.1) is 0 Å². The highest BCUT2D eigenvalue weighted by molar-refractivity contribution is 7.89. The highest BCUT2D eigenvalue weighted by Gasteiger charge is 2.25. The third kappa shape index (κ3) is 2.29. The molecule has 0 aliphatic heterocycles. The van der Waals surface area contributed by atoms with Crippen molar-refractivity contribution in [1.82, 2.24) is 14.5 Å². The van der Waals surface area contributed by atoms with E-state index in [0.29, 0.717) is 13.1 Å². The Hall–Kier alpha value is -1.08. The van der Waals surface area contributed by atoms with E-state index in [0.717, 1.165) is 6.42 Å². The fourth-order valence-corrected chi connectivity index (χ4v) is 2.88. The van der Waals surface area contributed by atoms with Gasteiger partial charge in [0.1, 0.15) is 10.7 Å². The number of nitrogens with zero attached hydrogens (tertiary/aromatic N) is 2. The van der Waals surface area contributed by atoms with Crippen LogP contribution in [0.1, 0.15) is 20.3 Å². The Kier molecular flexibility index (Phi) is 3.70. The number of H-pyrrole nitrogens is 1. The largest absolute Gasteiger partial charge is 0.383 e. The molecule has 15 heavy (non-hydrogen) atoms. The van der Waals surface area contributed by atoms with E-state index in [1.165, 1.54) is 10.5 Å². The number of rotatable bonds is 5. The number of nitrogen functional groups attached to an aromatic ring is 1. The lowest BCUT2D eigenvalue weighted by Gasteiger charge is -2.18. The molecule has 0 aliphatic carbocycles. The standard InChI is InChI=1S/C8H16N4O2S/c1-3-5-12(4-2)15(13,14)7-6-10-11-8(7)9/h6H,3-5H2,1-2H3,(H3,9,10,11). The second kappa shape index (κ2) is 4.63. The van der Waals surface area contributed by atoms with E-state index in [2.05, 4.69) is 10.2 Å². The smallest absolute Gasteiger partial charge is 0.248 e. The Balaban J connectivity index is 3.06. The summed E-state index contributed by atoms with van der Waals surface area (Å²) in [6.07, 6.45) is 2.01. The SMILES string of the molecule is CCCN(CC)S(=O)(=O)c1cn[nH]c1N. The van der Waals surface area contributed by atoms with Crippen molar-refractivity contribution in [2.75, 3.05) is 18.8 Å². The van der Waals surface area contributed by atoms with Crippen LogP contribution in [0.2, 0.25) is 0 Å². The van der Waals surface area contributed by atoms with Gasteiger partial charge in [0.05, 0.1) is 6.20 Å². The molecule has 0 aliphatic rings. The molecule has 0 unspecified atom stereocenters. The molecule has 7 heteroatoms. The lowest BCUT2D eigenvalue weighted by molar-refractivity contribution is 0.427. The number of anilines is 1. The molecule has 0 spiro atoms. The molecule has 1 aromatic rings. The van der Waals surface area contributed by atoms with Gasteiger partial charge in [0, 0.05) is 13.1 Å². The van der Waals surface area contributed by atoms with Crippen LogP contribution in [-0.2, 0) is 10.0 Å². The van der Waals surface area contributed by atoms with Crippen LogP contribution in [0.15, 0.2) is 11.1 Å². The molecule has 1 rings (SSSR count). The minimum atomic E-state index is -3.49. The summed E-state index contributed by atoms with van der Waals surface area (Å²) in [4.78, 5) is 0.0535. The minimum Gasteiger partial charge on any atom is -0.383 e. The number of sulfonamides is 1. The molecule has 1 heterocycles. The predicted octanol–water partition coefficient (Wildman–Crippen LogP) is 0.413.